The first-order valence-corrected chi connectivity index (χ1v) is 8.09. The minimum atomic E-state index is -1.03. The van der Waals surface area contributed by atoms with Gasteiger partial charge in [0, 0.05) is 5.56 Å². The van der Waals surface area contributed by atoms with Crippen molar-refractivity contribution in [2.24, 2.45) is 0 Å². The zero-order valence-electron chi connectivity index (χ0n) is 14.2. The Morgan fingerprint density at radius 1 is 0.963 bits per heavy atom. The fourth-order valence-electron chi connectivity index (χ4n) is 2.26. The molecular formula is C22H15FO4. The van der Waals surface area contributed by atoms with Crippen LogP contribution in [0.3, 0.4) is 0 Å². The van der Waals surface area contributed by atoms with E-state index in [-0.39, 0.29) is 18.0 Å². The first kappa shape index (κ1) is 18.0. The number of ether oxygens (including phenoxy) is 2. The quantitative estimate of drug-likeness (QED) is 0.666. The van der Waals surface area contributed by atoms with E-state index in [1.165, 1.54) is 24.3 Å². The van der Waals surface area contributed by atoms with Gasteiger partial charge >= 0.3 is 5.97 Å². The lowest BCUT2D eigenvalue weighted by Crippen LogP contribution is -1.98. The van der Waals surface area contributed by atoms with Gasteiger partial charge in [-0.25, -0.2) is 9.18 Å². The number of aromatic carboxylic acids is 1. The molecule has 0 heterocycles. The molecule has 0 saturated heterocycles. The number of hydrogen-bond acceptors (Lipinski definition) is 3. The second-order valence-corrected chi connectivity index (χ2v) is 5.48. The maximum Gasteiger partial charge on any atom is 0.335 e. The van der Waals surface area contributed by atoms with Gasteiger partial charge in [-0.2, -0.15) is 0 Å². The lowest BCUT2D eigenvalue weighted by molar-refractivity contribution is 0.0696. The Balaban J connectivity index is 1.68. The average molecular weight is 362 g/mol. The Hall–Kier alpha value is -3.78. The highest BCUT2D eigenvalue weighted by atomic mass is 19.1. The number of carboxylic acids is 1. The largest absolute Gasteiger partial charge is 0.478 e. The van der Waals surface area contributed by atoms with Crippen LogP contribution in [-0.4, -0.2) is 17.7 Å². The number of rotatable bonds is 5. The van der Waals surface area contributed by atoms with E-state index in [2.05, 4.69) is 11.8 Å². The summed E-state index contributed by atoms with van der Waals surface area (Å²) in [5.74, 6) is 5.72. The highest BCUT2D eigenvalue weighted by molar-refractivity contribution is 5.88. The van der Waals surface area contributed by atoms with E-state index >= 15 is 0 Å². The van der Waals surface area contributed by atoms with Crippen LogP contribution < -0.4 is 9.47 Å². The fraction of sp³-hybridized carbons (Fsp3) is 0.0455. The third kappa shape index (κ3) is 5.10. The lowest BCUT2D eigenvalue weighted by atomic mass is 10.2. The van der Waals surface area contributed by atoms with E-state index in [0.29, 0.717) is 22.8 Å². The molecule has 0 fully saturated rings. The summed E-state index contributed by atoms with van der Waals surface area (Å²) in [6, 6.07) is 19.1. The van der Waals surface area contributed by atoms with Crippen LogP contribution in [0.5, 0.6) is 17.2 Å². The molecule has 0 amide bonds. The molecule has 0 atom stereocenters. The van der Waals surface area contributed by atoms with Crippen LogP contribution in [-0.2, 0) is 0 Å². The van der Waals surface area contributed by atoms with Crippen LogP contribution in [0.25, 0.3) is 0 Å². The standard InChI is InChI=1S/C22H15FO4/c23-18-12-10-16(11-13-18)5-4-14-26-20-8-1-2-9-21(20)27-19-7-3-6-17(15-19)22(24)25/h1-3,6-13,15H,14H2,(H,24,25). The molecule has 3 rings (SSSR count). The summed E-state index contributed by atoms with van der Waals surface area (Å²) in [5, 5.41) is 9.07. The predicted octanol–water partition coefficient (Wildman–Crippen LogP) is 4.75. The van der Waals surface area contributed by atoms with Crippen molar-refractivity contribution in [1.29, 1.82) is 0 Å². The van der Waals surface area contributed by atoms with Crippen molar-refractivity contribution >= 4 is 5.97 Å². The Labute approximate surface area is 155 Å². The predicted molar refractivity (Wildman–Crippen MR) is 98.7 cm³/mol. The van der Waals surface area contributed by atoms with Crippen molar-refractivity contribution in [3.8, 4) is 29.1 Å². The number of benzene rings is 3. The van der Waals surface area contributed by atoms with E-state index < -0.39 is 5.97 Å². The average Bonchev–Trinajstić information content (AvgIpc) is 2.68. The smallest absolute Gasteiger partial charge is 0.335 e. The third-order valence-electron chi connectivity index (χ3n) is 3.53. The van der Waals surface area contributed by atoms with E-state index in [1.54, 1.807) is 48.5 Å². The summed E-state index contributed by atoms with van der Waals surface area (Å²) >= 11 is 0. The molecule has 0 saturated carbocycles. The third-order valence-corrected chi connectivity index (χ3v) is 3.53. The van der Waals surface area contributed by atoms with E-state index in [4.69, 9.17) is 14.6 Å². The van der Waals surface area contributed by atoms with Crippen molar-refractivity contribution < 1.29 is 23.8 Å². The van der Waals surface area contributed by atoms with Crippen molar-refractivity contribution in [3.05, 3.63) is 89.7 Å². The molecule has 3 aromatic rings. The molecular weight excluding hydrogens is 347 g/mol. The molecule has 0 bridgehead atoms. The number of carboxylic acid groups (broad SMARTS) is 1. The van der Waals surface area contributed by atoms with Gasteiger partial charge in [0.05, 0.1) is 5.56 Å². The first-order valence-electron chi connectivity index (χ1n) is 8.09. The zero-order chi connectivity index (χ0) is 19.1. The lowest BCUT2D eigenvalue weighted by Gasteiger charge is -2.11. The summed E-state index contributed by atoms with van der Waals surface area (Å²) in [6.07, 6.45) is 0. The van der Waals surface area contributed by atoms with Gasteiger partial charge in [0.25, 0.3) is 0 Å². The topological polar surface area (TPSA) is 55.8 Å². The van der Waals surface area contributed by atoms with Crippen LogP contribution in [0, 0.1) is 17.7 Å². The molecule has 3 aromatic carbocycles. The molecule has 0 aliphatic carbocycles. The van der Waals surface area contributed by atoms with Gasteiger partial charge in [-0.05, 0) is 54.6 Å². The monoisotopic (exact) mass is 362 g/mol. The van der Waals surface area contributed by atoms with Gasteiger partial charge in [0.1, 0.15) is 18.2 Å². The summed E-state index contributed by atoms with van der Waals surface area (Å²) in [4.78, 5) is 11.1. The normalized spacial score (nSPS) is 9.81. The second kappa shape index (κ2) is 8.54. The minimum Gasteiger partial charge on any atom is -0.478 e. The van der Waals surface area contributed by atoms with E-state index in [9.17, 15) is 9.18 Å². The first-order chi connectivity index (χ1) is 13.1. The van der Waals surface area contributed by atoms with Crippen molar-refractivity contribution in [2.45, 2.75) is 0 Å². The van der Waals surface area contributed by atoms with Crippen LogP contribution in [0.1, 0.15) is 15.9 Å². The molecule has 0 aliphatic heterocycles. The van der Waals surface area contributed by atoms with Crippen LogP contribution >= 0.6 is 0 Å². The fourth-order valence-corrected chi connectivity index (χ4v) is 2.26. The van der Waals surface area contributed by atoms with Crippen LogP contribution in [0.4, 0.5) is 4.39 Å². The minimum absolute atomic E-state index is 0.118. The summed E-state index contributed by atoms with van der Waals surface area (Å²) in [7, 11) is 0. The molecule has 0 aliphatic rings. The van der Waals surface area contributed by atoms with Gasteiger partial charge in [-0.1, -0.05) is 30.0 Å². The van der Waals surface area contributed by atoms with Crippen LogP contribution in [0.2, 0.25) is 0 Å². The SMILES string of the molecule is O=C(O)c1cccc(Oc2ccccc2OCC#Cc2ccc(F)cc2)c1. The van der Waals surface area contributed by atoms with Gasteiger partial charge < -0.3 is 14.6 Å². The molecule has 0 spiro atoms. The summed E-state index contributed by atoms with van der Waals surface area (Å²) in [6.45, 7) is 0.118. The Kier molecular flexibility index (Phi) is 5.70. The van der Waals surface area contributed by atoms with Crippen molar-refractivity contribution in [2.75, 3.05) is 6.61 Å². The second-order valence-electron chi connectivity index (χ2n) is 5.48. The van der Waals surface area contributed by atoms with Crippen molar-refractivity contribution in [1.82, 2.24) is 0 Å². The summed E-state index contributed by atoms with van der Waals surface area (Å²) in [5.41, 5.74) is 0.825. The summed E-state index contributed by atoms with van der Waals surface area (Å²) < 4.78 is 24.3. The van der Waals surface area contributed by atoms with E-state index in [1.807, 2.05) is 0 Å². The molecule has 4 nitrogen and oxygen atoms in total. The number of halogens is 1. The molecule has 27 heavy (non-hydrogen) atoms. The van der Waals surface area contributed by atoms with Crippen LogP contribution in [0.15, 0.2) is 72.8 Å². The van der Waals surface area contributed by atoms with Gasteiger partial charge in [-0.15, -0.1) is 0 Å². The number of para-hydroxylation sites is 2. The maximum absolute atomic E-state index is 12.9. The van der Waals surface area contributed by atoms with Gasteiger partial charge in [0.2, 0.25) is 0 Å². The maximum atomic E-state index is 12.9. The molecule has 0 radical (unpaired) electrons. The highest BCUT2D eigenvalue weighted by Gasteiger charge is 2.08. The van der Waals surface area contributed by atoms with E-state index in [0.717, 1.165) is 0 Å². The number of carbonyl (C=O) groups is 1. The molecule has 5 heteroatoms. The highest BCUT2D eigenvalue weighted by Crippen LogP contribution is 2.31. The Bertz CT molecular complexity index is 1000. The van der Waals surface area contributed by atoms with Gasteiger partial charge in [0.15, 0.2) is 11.5 Å². The molecule has 134 valence electrons. The molecule has 1 N–H and O–H groups in total. The Morgan fingerprint density at radius 3 is 2.44 bits per heavy atom. The number of hydrogen-bond donors (Lipinski definition) is 1. The van der Waals surface area contributed by atoms with Gasteiger partial charge in [-0.3, -0.25) is 0 Å². The zero-order valence-corrected chi connectivity index (χ0v) is 14.2. The molecule has 0 unspecified atom stereocenters. The molecule has 0 aromatic heterocycles. The van der Waals surface area contributed by atoms with Crippen molar-refractivity contribution in [3.63, 3.8) is 0 Å². The Morgan fingerprint density at radius 2 is 1.70 bits per heavy atom.